The van der Waals surface area contributed by atoms with E-state index in [2.05, 4.69) is 24.5 Å². The second kappa shape index (κ2) is 14.5. The molecule has 0 bridgehead atoms. The Bertz CT molecular complexity index is 783. The predicted octanol–water partition coefficient (Wildman–Crippen LogP) is 2.42. The van der Waals surface area contributed by atoms with Gasteiger partial charge in [-0.2, -0.15) is 0 Å². The number of nitrogen functional groups attached to an aromatic ring is 1. The van der Waals surface area contributed by atoms with Crippen molar-refractivity contribution in [2.75, 3.05) is 44.0 Å². The molecule has 0 radical (unpaired) electrons. The number of ether oxygens (including phenoxy) is 3. The van der Waals surface area contributed by atoms with E-state index >= 15 is 0 Å². The zero-order valence-corrected chi connectivity index (χ0v) is 19.5. The number of allylic oxidation sites excluding steroid dienone is 1. The first-order chi connectivity index (χ1) is 15.9. The number of hydrogen-bond donors (Lipinski definition) is 4. The molecule has 1 aliphatic heterocycles. The Morgan fingerprint density at radius 2 is 2.00 bits per heavy atom. The van der Waals surface area contributed by atoms with Gasteiger partial charge in [-0.1, -0.05) is 26.0 Å². The monoisotopic (exact) mass is 463 g/mol. The van der Waals surface area contributed by atoms with Crippen molar-refractivity contribution in [1.82, 2.24) is 5.32 Å². The molecule has 1 aromatic carbocycles. The molecule has 0 aromatic heterocycles. The third kappa shape index (κ3) is 9.81. The van der Waals surface area contributed by atoms with Gasteiger partial charge in [0.05, 0.1) is 37.8 Å². The number of para-hydroxylation sites is 2. The summed E-state index contributed by atoms with van der Waals surface area (Å²) in [5.74, 6) is 0.369. The van der Waals surface area contributed by atoms with Gasteiger partial charge in [0.2, 0.25) is 12.2 Å². The zero-order chi connectivity index (χ0) is 24.1. The molecule has 184 valence electrons. The highest BCUT2D eigenvalue weighted by molar-refractivity contribution is 5.93. The van der Waals surface area contributed by atoms with Crippen LogP contribution in [0.1, 0.15) is 39.5 Å². The summed E-state index contributed by atoms with van der Waals surface area (Å²) in [4.78, 5) is 24.7. The van der Waals surface area contributed by atoms with E-state index in [4.69, 9.17) is 25.1 Å². The van der Waals surface area contributed by atoms with E-state index in [0.717, 1.165) is 0 Å². The molecule has 33 heavy (non-hydrogen) atoms. The Balaban J connectivity index is 1.71. The van der Waals surface area contributed by atoms with Gasteiger partial charge in [0.1, 0.15) is 0 Å². The molecule has 2 atom stereocenters. The van der Waals surface area contributed by atoms with Crippen LogP contribution in [0.15, 0.2) is 36.1 Å². The lowest BCUT2D eigenvalue weighted by molar-refractivity contribution is -0.155. The lowest BCUT2D eigenvalue weighted by Gasteiger charge is -2.30. The number of carbonyl (C=O) groups excluding carboxylic acids is 2. The van der Waals surface area contributed by atoms with Gasteiger partial charge in [0, 0.05) is 19.4 Å². The predicted molar refractivity (Wildman–Crippen MR) is 126 cm³/mol. The summed E-state index contributed by atoms with van der Waals surface area (Å²) >= 11 is 0. The molecule has 9 heteroatoms. The van der Waals surface area contributed by atoms with Crippen LogP contribution >= 0.6 is 0 Å². The summed E-state index contributed by atoms with van der Waals surface area (Å²) in [6.45, 7) is 5.53. The minimum Gasteiger partial charge on any atom is -0.459 e. The molecular formula is C24H37N3O6. The van der Waals surface area contributed by atoms with Gasteiger partial charge in [0.25, 0.3) is 5.91 Å². The zero-order valence-electron chi connectivity index (χ0n) is 19.5. The molecule has 0 fully saturated rings. The van der Waals surface area contributed by atoms with Crippen molar-refractivity contribution in [3.8, 4) is 0 Å². The topological polar surface area (TPSA) is 132 Å². The summed E-state index contributed by atoms with van der Waals surface area (Å²) in [7, 11) is 0. The fourth-order valence-corrected chi connectivity index (χ4v) is 3.34. The summed E-state index contributed by atoms with van der Waals surface area (Å²) in [5, 5.41) is 14.4. The number of hydrogen-bond acceptors (Lipinski definition) is 7. The number of unbranched alkanes of at least 4 members (excludes halogenated alkanes) is 1. The van der Waals surface area contributed by atoms with Gasteiger partial charge in [0.15, 0.2) is 5.76 Å². The second-order valence-corrected chi connectivity index (χ2v) is 8.28. The van der Waals surface area contributed by atoms with Gasteiger partial charge < -0.3 is 35.7 Å². The van der Waals surface area contributed by atoms with Crippen LogP contribution < -0.4 is 16.4 Å². The van der Waals surface area contributed by atoms with Crippen molar-refractivity contribution in [3.63, 3.8) is 0 Å². The molecule has 1 heterocycles. The highest BCUT2D eigenvalue weighted by Gasteiger charge is 2.29. The second-order valence-electron chi connectivity index (χ2n) is 8.28. The van der Waals surface area contributed by atoms with Gasteiger partial charge in [-0.05, 0) is 42.9 Å². The van der Waals surface area contributed by atoms with Crippen molar-refractivity contribution >= 4 is 23.2 Å². The van der Waals surface area contributed by atoms with Crippen LogP contribution in [0.25, 0.3) is 0 Å². The molecular weight excluding hydrogens is 426 g/mol. The van der Waals surface area contributed by atoms with Crippen LogP contribution in [0, 0.1) is 11.8 Å². The van der Waals surface area contributed by atoms with Crippen LogP contribution in [-0.2, 0) is 23.8 Å². The first kappa shape index (κ1) is 26.6. The van der Waals surface area contributed by atoms with Crippen molar-refractivity contribution in [2.45, 2.75) is 45.8 Å². The molecule has 2 amide bonds. The number of nitrogens with one attached hydrogen (secondary N) is 2. The van der Waals surface area contributed by atoms with Crippen molar-refractivity contribution < 1.29 is 28.9 Å². The number of anilines is 2. The Kier molecular flexibility index (Phi) is 11.7. The SMILES string of the molecule is CC(C)[C@H]1C=C(C(=O)NCCCCC(=O)Nc2ccccc2N)O[C@@H](OCCOCCO)C1. The quantitative estimate of drug-likeness (QED) is 0.246. The number of aliphatic hydroxyl groups excluding tert-OH is 1. The largest absolute Gasteiger partial charge is 0.459 e. The number of carbonyl (C=O) groups is 2. The van der Waals surface area contributed by atoms with E-state index in [9.17, 15) is 9.59 Å². The van der Waals surface area contributed by atoms with Gasteiger partial charge in [-0.25, -0.2) is 0 Å². The highest BCUT2D eigenvalue weighted by atomic mass is 16.7. The van der Waals surface area contributed by atoms with Crippen LogP contribution in [-0.4, -0.2) is 56.2 Å². The number of aliphatic hydroxyl groups is 1. The molecule has 2 rings (SSSR count). The summed E-state index contributed by atoms with van der Waals surface area (Å²) < 4.78 is 16.7. The average molecular weight is 464 g/mol. The molecule has 5 N–H and O–H groups in total. The maximum atomic E-state index is 12.6. The van der Waals surface area contributed by atoms with Crippen LogP contribution in [0.2, 0.25) is 0 Å². The lowest BCUT2D eigenvalue weighted by atomic mass is 9.90. The molecule has 9 nitrogen and oxygen atoms in total. The van der Waals surface area contributed by atoms with Crippen LogP contribution in [0.5, 0.6) is 0 Å². The number of amides is 2. The molecule has 0 saturated heterocycles. The first-order valence-corrected chi connectivity index (χ1v) is 11.5. The van der Waals surface area contributed by atoms with E-state index in [1.54, 1.807) is 12.1 Å². The molecule has 0 aliphatic carbocycles. The van der Waals surface area contributed by atoms with Crippen molar-refractivity contribution in [3.05, 3.63) is 36.1 Å². The van der Waals surface area contributed by atoms with E-state index < -0.39 is 6.29 Å². The summed E-state index contributed by atoms with van der Waals surface area (Å²) in [6.07, 6.45) is 3.64. The summed E-state index contributed by atoms with van der Waals surface area (Å²) in [6, 6.07) is 7.12. The standard InChI is InChI=1S/C24H37N3O6/c1-17(2)18-15-21(33-23(16-18)32-14-13-31-12-11-28)24(30)26-10-6-5-9-22(29)27-20-8-4-3-7-19(20)25/h3-4,7-8,15,17-18,23,28H,5-6,9-14,16,25H2,1-2H3,(H,26,30)(H,27,29)/t18-,23+/m0/s1. The fraction of sp³-hybridized carbons (Fsp3) is 0.583. The molecule has 0 spiro atoms. The molecule has 1 aliphatic rings. The fourth-order valence-electron chi connectivity index (χ4n) is 3.34. The van der Waals surface area contributed by atoms with Gasteiger partial charge in [-0.3, -0.25) is 9.59 Å². The third-order valence-electron chi connectivity index (χ3n) is 5.29. The van der Waals surface area contributed by atoms with Crippen molar-refractivity contribution in [2.24, 2.45) is 11.8 Å². The van der Waals surface area contributed by atoms with Gasteiger partial charge in [-0.15, -0.1) is 0 Å². The Hall–Kier alpha value is -2.62. The minimum absolute atomic E-state index is 0.0330. The Labute approximate surface area is 195 Å². The maximum absolute atomic E-state index is 12.6. The number of rotatable bonds is 14. The van der Waals surface area contributed by atoms with Crippen molar-refractivity contribution in [1.29, 1.82) is 0 Å². The average Bonchev–Trinajstić information content (AvgIpc) is 2.80. The molecule has 0 unspecified atom stereocenters. The maximum Gasteiger partial charge on any atom is 0.286 e. The minimum atomic E-state index is -0.519. The first-order valence-electron chi connectivity index (χ1n) is 11.5. The normalized spacial score (nSPS) is 17.9. The van der Waals surface area contributed by atoms with E-state index in [1.807, 2.05) is 18.2 Å². The van der Waals surface area contributed by atoms with E-state index in [0.29, 0.717) is 62.7 Å². The molecule has 1 aromatic rings. The van der Waals surface area contributed by atoms with E-state index in [1.165, 1.54) is 0 Å². The number of nitrogens with two attached hydrogens (primary N) is 1. The van der Waals surface area contributed by atoms with E-state index in [-0.39, 0.29) is 36.7 Å². The van der Waals surface area contributed by atoms with Gasteiger partial charge >= 0.3 is 0 Å². The highest BCUT2D eigenvalue weighted by Crippen LogP contribution is 2.28. The Morgan fingerprint density at radius 3 is 2.73 bits per heavy atom. The third-order valence-corrected chi connectivity index (χ3v) is 5.29. The lowest BCUT2D eigenvalue weighted by Crippen LogP contribution is -2.35. The summed E-state index contributed by atoms with van der Waals surface area (Å²) in [5.41, 5.74) is 6.96. The number of benzene rings is 1. The Morgan fingerprint density at radius 1 is 1.21 bits per heavy atom. The van der Waals surface area contributed by atoms with Crippen LogP contribution in [0.4, 0.5) is 11.4 Å². The van der Waals surface area contributed by atoms with Crippen LogP contribution in [0.3, 0.4) is 0 Å². The smallest absolute Gasteiger partial charge is 0.286 e. The molecule has 0 saturated carbocycles.